The van der Waals surface area contributed by atoms with Gasteiger partial charge in [0.05, 0.1) is 15.8 Å². The summed E-state index contributed by atoms with van der Waals surface area (Å²) in [6, 6.07) is 8.28. The highest BCUT2D eigenvalue weighted by Gasteiger charge is 2.61. The van der Waals surface area contributed by atoms with E-state index in [1.807, 2.05) is 0 Å². The zero-order chi connectivity index (χ0) is 21.9. The van der Waals surface area contributed by atoms with Gasteiger partial charge < -0.3 is 5.73 Å². The number of amides is 1. The number of primary amides is 1. The minimum absolute atomic E-state index is 0.00563. The Bertz CT molecular complexity index is 984. The molecule has 0 spiro atoms. The van der Waals surface area contributed by atoms with Crippen LogP contribution in [0.2, 0.25) is 0 Å². The molecule has 1 aromatic rings. The average molecular weight is 445 g/mol. The molecule has 0 aromatic heterocycles. The third-order valence-electron chi connectivity index (χ3n) is 8.61. The number of ketones is 1. The van der Waals surface area contributed by atoms with Crippen LogP contribution in [0.15, 0.2) is 35.2 Å². The van der Waals surface area contributed by atoms with Gasteiger partial charge in [0.25, 0.3) is 0 Å². The number of carbonyl (C=O) groups is 2. The Morgan fingerprint density at radius 3 is 2.19 bits per heavy atom. The van der Waals surface area contributed by atoms with Gasteiger partial charge in [0.1, 0.15) is 0 Å². The fourth-order valence-electron chi connectivity index (χ4n) is 7.79. The first-order chi connectivity index (χ1) is 14.7. The lowest BCUT2D eigenvalue weighted by Crippen LogP contribution is -2.59. The van der Waals surface area contributed by atoms with Crippen molar-refractivity contribution in [3.63, 3.8) is 0 Å². The molecular formula is C24H32N2O4S. The Hall–Kier alpha value is -1.73. The van der Waals surface area contributed by atoms with Crippen LogP contribution in [0, 0.1) is 22.7 Å². The summed E-state index contributed by atoms with van der Waals surface area (Å²) in [5.74, 6) is 0.717. The van der Waals surface area contributed by atoms with Gasteiger partial charge in [-0.05, 0) is 80.8 Å². The van der Waals surface area contributed by atoms with Crippen molar-refractivity contribution >= 4 is 21.7 Å². The van der Waals surface area contributed by atoms with Crippen molar-refractivity contribution in [2.24, 2.45) is 28.4 Å². The van der Waals surface area contributed by atoms with Crippen LogP contribution in [-0.4, -0.2) is 25.6 Å². The Morgan fingerprint density at radius 1 is 1.00 bits per heavy atom. The van der Waals surface area contributed by atoms with E-state index in [1.54, 1.807) is 30.3 Å². The summed E-state index contributed by atoms with van der Waals surface area (Å²) in [5, 5.41) is 0. The third-order valence-corrected chi connectivity index (χ3v) is 10.2. The first kappa shape index (κ1) is 21.1. The van der Waals surface area contributed by atoms with E-state index in [0.717, 1.165) is 44.9 Å². The monoisotopic (exact) mass is 444 g/mol. The SMILES string of the molecule is NC(=O)C12CC3CC(CC(CC(=O)C4(NS(=O)(=O)c5ccccc5)CCCC4)(C3)C1)C2. The smallest absolute Gasteiger partial charge is 0.241 e. The summed E-state index contributed by atoms with van der Waals surface area (Å²) in [7, 11) is -3.78. The lowest BCUT2D eigenvalue weighted by Gasteiger charge is -2.61. The predicted molar refractivity (Wildman–Crippen MR) is 116 cm³/mol. The van der Waals surface area contributed by atoms with E-state index in [1.165, 1.54) is 0 Å². The summed E-state index contributed by atoms with van der Waals surface area (Å²) < 4.78 is 29.0. The van der Waals surface area contributed by atoms with Gasteiger partial charge in [0.15, 0.2) is 5.78 Å². The molecule has 5 aliphatic carbocycles. The van der Waals surface area contributed by atoms with Crippen LogP contribution >= 0.6 is 0 Å². The number of nitrogens with one attached hydrogen (secondary N) is 1. The molecule has 5 fully saturated rings. The number of nitrogens with two attached hydrogens (primary N) is 1. The third kappa shape index (κ3) is 3.54. The molecule has 4 bridgehead atoms. The number of hydrogen-bond acceptors (Lipinski definition) is 4. The van der Waals surface area contributed by atoms with Crippen LogP contribution < -0.4 is 10.5 Å². The highest BCUT2D eigenvalue weighted by Crippen LogP contribution is 2.66. The van der Waals surface area contributed by atoms with Crippen molar-refractivity contribution < 1.29 is 18.0 Å². The van der Waals surface area contributed by atoms with Gasteiger partial charge in [0, 0.05) is 6.42 Å². The van der Waals surface area contributed by atoms with E-state index in [9.17, 15) is 18.0 Å². The Kier molecular flexibility index (Phi) is 4.87. The second-order valence-electron chi connectivity index (χ2n) is 10.9. The van der Waals surface area contributed by atoms with Crippen LogP contribution in [0.4, 0.5) is 0 Å². The van der Waals surface area contributed by atoms with Gasteiger partial charge in [-0.2, -0.15) is 4.72 Å². The zero-order valence-electron chi connectivity index (χ0n) is 17.9. The van der Waals surface area contributed by atoms with Crippen LogP contribution in [0.3, 0.4) is 0 Å². The highest BCUT2D eigenvalue weighted by molar-refractivity contribution is 7.89. The van der Waals surface area contributed by atoms with E-state index >= 15 is 0 Å². The highest BCUT2D eigenvalue weighted by atomic mass is 32.2. The molecule has 6 rings (SSSR count). The maximum absolute atomic E-state index is 13.8. The van der Waals surface area contributed by atoms with E-state index in [4.69, 9.17) is 5.73 Å². The normalized spacial score (nSPS) is 35.9. The number of Topliss-reactive ketones (excluding diaryl/α,β-unsaturated/α-hetero) is 1. The van der Waals surface area contributed by atoms with Crippen molar-refractivity contribution in [3.05, 3.63) is 30.3 Å². The summed E-state index contributed by atoms with van der Waals surface area (Å²) in [5.41, 5.74) is 4.17. The Morgan fingerprint density at radius 2 is 1.61 bits per heavy atom. The number of benzene rings is 1. The van der Waals surface area contributed by atoms with Gasteiger partial charge in [-0.3, -0.25) is 9.59 Å². The molecule has 0 heterocycles. The molecule has 6 nitrogen and oxygen atoms in total. The van der Waals surface area contributed by atoms with E-state index in [-0.39, 0.29) is 22.0 Å². The fraction of sp³-hybridized carbons (Fsp3) is 0.667. The molecule has 2 unspecified atom stereocenters. The van der Waals surface area contributed by atoms with Crippen molar-refractivity contribution in [2.45, 2.75) is 81.1 Å². The lowest BCUT2D eigenvalue weighted by atomic mass is 9.43. The molecule has 1 amide bonds. The van der Waals surface area contributed by atoms with Crippen LogP contribution in [-0.2, 0) is 19.6 Å². The van der Waals surface area contributed by atoms with E-state index in [2.05, 4.69) is 4.72 Å². The second-order valence-corrected chi connectivity index (χ2v) is 12.6. The van der Waals surface area contributed by atoms with Gasteiger partial charge >= 0.3 is 0 Å². The van der Waals surface area contributed by atoms with E-state index < -0.39 is 21.0 Å². The van der Waals surface area contributed by atoms with Gasteiger partial charge in [-0.15, -0.1) is 0 Å². The van der Waals surface area contributed by atoms with Crippen molar-refractivity contribution in [1.29, 1.82) is 0 Å². The molecular weight excluding hydrogens is 412 g/mol. The number of hydrogen-bond donors (Lipinski definition) is 2. The number of sulfonamides is 1. The summed E-state index contributed by atoms with van der Waals surface area (Å²) in [6.45, 7) is 0. The molecule has 7 heteroatoms. The molecule has 3 N–H and O–H groups in total. The van der Waals surface area contributed by atoms with Gasteiger partial charge in [-0.1, -0.05) is 31.0 Å². The zero-order valence-corrected chi connectivity index (χ0v) is 18.8. The fourth-order valence-corrected chi connectivity index (χ4v) is 9.25. The first-order valence-electron chi connectivity index (χ1n) is 11.6. The predicted octanol–water partition coefficient (Wildman–Crippen LogP) is 3.31. The first-order valence-corrected chi connectivity index (χ1v) is 13.1. The summed E-state index contributed by atoms with van der Waals surface area (Å²) >= 11 is 0. The lowest BCUT2D eigenvalue weighted by molar-refractivity contribution is -0.159. The maximum Gasteiger partial charge on any atom is 0.241 e. The van der Waals surface area contributed by atoms with Crippen molar-refractivity contribution in [3.8, 4) is 0 Å². The molecule has 31 heavy (non-hydrogen) atoms. The molecule has 0 aliphatic heterocycles. The molecule has 5 aliphatic rings. The standard InChI is InChI=1S/C24H32N2O4S/c25-21(28)23-13-17-10-18(14-23)12-22(11-17,16-23)15-20(27)24(8-4-5-9-24)26-31(29,30)19-6-2-1-3-7-19/h1-3,6-7,17-18,26H,4-5,8-16H2,(H2,25,28). The summed E-state index contributed by atoms with van der Waals surface area (Å²) in [6.07, 6.45) is 8.60. The molecule has 0 radical (unpaired) electrons. The average Bonchev–Trinajstić information content (AvgIpc) is 3.16. The Balaban J connectivity index is 1.41. The molecule has 168 valence electrons. The minimum atomic E-state index is -3.78. The van der Waals surface area contributed by atoms with Crippen LogP contribution in [0.25, 0.3) is 0 Å². The number of rotatable bonds is 7. The molecule has 5 saturated carbocycles. The van der Waals surface area contributed by atoms with Crippen molar-refractivity contribution in [1.82, 2.24) is 4.72 Å². The summed E-state index contributed by atoms with van der Waals surface area (Å²) in [4.78, 5) is 26.4. The van der Waals surface area contributed by atoms with Crippen molar-refractivity contribution in [2.75, 3.05) is 0 Å². The quantitative estimate of drug-likeness (QED) is 0.673. The molecule has 0 saturated heterocycles. The Labute approximate surface area is 184 Å². The van der Waals surface area contributed by atoms with Gasteiger partial charge in [-0.25, -0.2) is 8.42 Å². The van der Waals surface area contributed by atoms with Crippen LogP contribution in [0.5, 0.6) is 0 Å². The van der Waals surface area contributed by atoms with Gasteiger partial charge in [0.2, 0.25) is 15.9 Å². The van der Waals surface area contributed by atoms with E-state index in [0.29, 0.717) is 37.5 Å². The maximum atomic E-state index is 13.8. The minimum Gasteiger partial charge on any atom is -0.369 e. The second kappa shape index (κ2) is 7.14. The number of carbonyl (C=O) groups excluding carboxylic acids is 2. The largest absolute Gasteiger partial charge is 0.369 e. The topological polar surface area (TPSA) is 106 Å². The molecule has 2 atom stereocenters. The molecule has 1 aromatic carbocycles. The van der Waals surface area contributed by atoms with Crippen LogP contribution in [0.1, 0.15) is 70.6 Å².